The summed E-state index contributed by atoms with van der Waals surface area (Å²) in [5.41, 5.74) is 7.22. The SMILES string of the molecule is CCOC(CC)c1noc(-c2cc(N)cc(Br)c2)n1. The van der Waals surface area contributed by atoms with Crippen LogP contribution < -0.4 is 5.73 Å². The van der Waals surface area contributed by atoms with Gasteiger partial charge < -0.3 is 15.0 Å². The van der Waals surface area contributed by atoms with E-state index in [4.69, 9.17) is 15.0 Å². The van der Waals surface area contributed by atoms with Crippen LogP contribution in [0.2, 0.25) is 0 Å². The number of rotatable bonds is 5. The van der Waals surface area contributed by atoms with Crippen LogP contribution in [0.4, 0.5) is 5.69 Å². The number of benzene rings is 1. The molecule has 5 nitrogen and oxygen atoms in total. The molecule has 0 bridgehead atoms. The van der Waals surface area contributed by atoms with Crippen molar-refractivity contribution < 1.29 is 9.26 Å². The van der Waals surface area contributed by atoms with Crippen molar-refractivity contribution in [1.29, 1.82) is 0 Å². The summed E-state index contributed by atoms with van der Waals surface area (Å²) in [4.78, 5) is 4.37. The zero-order valence-electron chi connectivity index (χ0n) is 10.9. The molecule has 1 atom stereocenters. The third kappa shape index (κ3) is 3.33. The molecule has 0 aliphatic heterocycles. The Balaban J connectivity index is 2.29. The molecule has 0 fully saturated rings. The molecule has 102 valence electrons. The fourth-order valence-electron chi connectivity index (χ4n) is 1.79. The zero-order chi connectivity index (χ0) is 13.8. The number of nitrogens with zero attached hydrogens (tertiary/aromatic N) is 2. The van der Waals surface area contributed by atoms with Gasteiger partial charge in [0.25, 0.3) is 5.89 Å². The standard InChI is InChI=1S/C13H16BrN3O2/c1-3-11(18-4-2)12-16-13(19-17-12)8-5-9(14)7-10(15)6-8/h5-7,11H,3-4,15H2,1-2H3. The molecule has 2 aromatic rings. The smallest absolute Gasteiger partial charge is 0.258 e. The molecule has 1 unspecified atom stereocenters. The van der Waals surface area contributed by atoms with Crippen LogP contribution >= 0.6 is 15.9 Å². The highest BCUT2D eigenvalue weighted by Gasteiger charge is 2.17. The van der Waals surface area contributed by atoms with Gasteiger partial charge in [0.05, 0.1) is 0 Å². The van der Waals surface area contributed by atoms with Gasteiger partial charge in [0, 0.05) is 22.3 Å². The number of ether oxygens (including phenoxy) is 1. The van der Waals surface area contributed by atoms with Crippen LogP contribution in [0.25, 0.3) is 11.5 Å². The van der Waals surface area contributed by atoms with Crippen LogP contribution in [0.15, 0.2) is 27.2 Å². The van der Waals surface area contributed by atoms with Crippen molar-refractivity contribution in [2.45, 2.75) is 26.4 Å². The van der Waals surface area contributed by atoms with E-state index >= 15 is 0 Å². The average Bonchev–Trinajstić information content (AvgIpc) is 2.84. The lowest BCUT2D eigenvalue weighted by Gasteiger charge is -2.09. The Morgan fingerprint density at radius 1 is 1.37 bits per heavy atom. The van der Waals surface area contributed by atoms with Crippen molar-refractivity contribution >= 4 is 21.6 Å². The topological polar surface area (TPSA) is 74.2 Å². The summed E-state index contributed by atoms with van der Waals surface area (Å²) < 4.78 is 11.7. The van der Waals surface area contributed by atoms with Gasteiger partial charge in [-0.2, -0.15) is 4.98 Å². The molecule has 0 amide bonds. The third-order valence-electron chi connectivity index (χ3n) is 2.64. The van der Waals surface area contributed by atoms with Crippen LogP contribution in [-0.4, -0.2) is 16.7 Å². The summed E-state index contributed by atoms with van der Waals surface area (Å²) in [5.74, 6) is 1.01. The zero-order valence-corrected chi connectivity index (χ0v) is 12.5. The molecule has 1 aromatic heterocycles. The lowest BCUT2D eigenvalue weighted by Crippen LogP contribution is -2.04. The number of anilines is 1. The summed E-state index contributed by atoms with van der Waals surface area (Å²) in [6.07, 6.45) is 0.667. The van der Waals surface area contributed by atoms with E-state index in [0.29, 0.717) is 24.0 Å². The number of halogens is 1. The van der Waals surface area contributed by atoms with Gasteiger partial charge in [0.1, 0.15) is 6.10 Å². The van der Waals surface area contributed by atoms with Crippen molar-refractivity contribution in [3.63, 3.8) is 0 Å². The maximum absolute atomic E-state index is 5.79. The quantitative estimate of drug-likeness (QED) is 0.850. The van der Waals surface area contributed by atoms with E-state index < -0.39 is 0 Å². The predicted octanol–water partition coefficient (Wildman–Crippen LogP) is 3.57. The fourth-order valence-corrected chi connectivity index (χ4v) is 2.31. The summed E-state index contributed by atoms with van der Waals surface area (Å²) in [6, 6.07) is 5.49. The van der Waals surface area contributed by atoms with E-state index in [2.05, 4.69) is 26.1 Å². The fraction of sp³-hybridized carbons (Fsp3) is 0.385. The highest BCUT2D eigenvalue weighted by molar-refractivity contribution is 9.10. The molecular formula is C13H16BrN3O2. The summed E-state index contributed by atoms with van der Waals surface area (Å²) in [7, 11) is 0. The highest BCUT2D eigenvalue weighted by Crippen LogP contribution is 2.27. The van der Waals surface area contributed by atoms with Crippen molar-refractivity contribution in [2.24, 2.45) is 0 Å². The van der Waals surface area contributed by atoms with Crippen molar-refractivity contribution in [3.05, 3.63) is 28.5 Å². The van der Waals surface area contributed by atoms with E-state index in [9.17, 15) is 0 Å². The lowest BCUT2D eigenvalue weighted by molar-refractivity contribution is 0.0518. The minimum Gasteiger partial charge on any atom is -0.399 e. The molecule has 2 N–H and O–H groups in total. The number of nitrogens with two attached hydrogens (primary N) is 1. The second-order valence-electron chi connectivity index (χ2n) is 4.08. The van der Waals surface area contributed by atoms with Gasteiger partial charge in [-0.25, -0.2) is 0 Å². The number of aromatic nitrogens is 2. The number of hydrogen-bond donors (Lipinski definition) is 1. The number of nitrogen functional groups attached to an aromatic ring is 1. The van der Waals surface area contributed by atoms with Gasteiger partial charge in [0.2, 0.25) is 5.82 Å². The molecule has 1 heterocycles. The van der Waals surface area contributed by atoms with E-state index in [1.807, 2.05) is 26.0 Å². The van der Waals surface area contributed by atoms with E-state index in [1.54, 1.807) is 6.07 Å². The molecule has 1 aromatic carbocycles. The highest BCUT2D eigenvalue weighted by atomic mass is 79.9. The first-order valence-corrected chi connectivity index (χ1v) is 6.95. The average molecular weight is 326 g/mol. The van der Waals surface area contributed by atoms with E-state index in [0.717, 1.165) is 16.5 Å². The minimum atomic E-state index is -0.132. The molecule has 0 saturated carbocycles. The number of hydrogen-bond acceptors (Lipinski definition) is 5. The van der Waals surface area contributed by atoms with E-state index in [-0.39, 0.29) is 6.10 Å². The monoisotopic (exact) mass is 325 g/mol. The van der Waals surface area contributed by atoms with Crippen molar-refractivity contribution in [1.82, 2.24) is 10.1 Å². The molecule has 19 heavy (non-hydrogen) atoms. The Labute approximate surface area is 120 Å². The first-order chi connectivity index (χ1) is 9.13. The normalized spacial score (nSPS) is 12.6. The first kappa shape index (κ1) is 14.0. The Morgan fingerprint density at radius 2 is 2.16 bits per heavy atom. The Morgan fingerprint density at radius 3 is 2.79 bits per heavy atom. The maximum Gasteiger partial charge on any atom is 0.258 e. The predicted molar refractivity (Wildman–Crippen MR) is 76.5 cm³/mol. The van der Waals surface area contributed by atoms with Gasteiger partial charge in [0.15, 0.2) is 0 Å². The second-order valence-corrected chi connectivity index (χ2v) is 5.00. The van der Waals surface area contributed by atoms with Gasteiger partial charge >= 0.3 is 0 Å². The lowest BCUT2D eigenvalue weighted by atomic mass is 10.2. The Hall–Kier alpha value is -1.40. The van der Waals surface area contributed by atoms with Crippen LogP contribution in [0, 0.1) is 0 Å². The molecule has 0 aliphatic rings. The second kappa shape index (κ2) is 6.16. The van der Waals surface area contributed by atoms with Crippen molar-refractivity contribution in [3.8, 4) is 11.5 Å². The first-order valence-electron chi connectivity index (χ1n) is 6.15. The molecule has 0 spiro atoms. The van der Waals surface area contributed by atoms with Crippen LogP contribution in [0.1, 0.15) is 32.2 Å². The summed E-state index contributed by atoms with van der Waals surface area (Å²) in [6.45, 7) is 4.58. The van der Waals surface area contributed by atoms with Gasteiger partial charge in [-0.15, -0.1) is 0 Å². The largest absolute Gasteiger partial charge is 0.399 e. The Kier molecular flexibility index (Phi) is 4.55. The molecule has 0 radical (unpaired) electrons. The summed E-state index contributed by atoms with van der Waals surface area (Å²) in [5, 5.41) is 3.97. The molecule has 0 aliphatic carbocycles. The molecule has 2 rings (SSSR count). The summed E-state index contributed by atoms with van der Waals surface area (Å²) >= 11 is 3.39. The van der Waals surface area contributed by atoms with Crippen LogP contribution in [-0.2, 0) is 4.74 Å². The third-order valence-corrected chi connectivity index (χ3v) is 3.09. The van der Waals surface area contributed by atoms with Crippen molar-refractivity contribution in [2.75, 3.05) is 12.3 Å². The van der Waals surface area contributed by atoms with Gasteiger partial charge in [-0.3, -0.25) is 0 Å². The van der Waals surface area contributed by atoms with Crippen LogP contribution in [0.3, 0.4) is 0 Å². The molecule has 6 heteroatoms. The molecular weight excluding hydrogens is 310 g/mol. The maximum atomic E-state index is 5.79. The van der Waals surface area contributed by atoms with Gasteiger partial charge in [-0.1, -0.05) is 28.0 Å². The van der Waals surface area contributed by atoms with E-state index in [1.165, 1.54) is 0 Å². The van der Waals surface area contributed by atoms with Crippen LogP contribution in [0.5, 0.6) is 0 Å². The van der Waals surface area contributed by atoms with Gasteiger partial charge in [-0.05, 0) is 31.5 Å². The minimum absolute atomic E-state index is 0.132. The molecule has 0 saturated heterocycles. The Bertz CT molecular complexity index is 536.